The van der Waals surface area contributed by atoms with Gasteiger partial charge in [-0.15, -0.1) is 0 Å². The summed E-state index contributed by atoms with van der Waals surface area (Å²) < 4.78 is 5.93. The number of para-hydroxylation sites is 1. The molecule has 2 aromatic carbocycles. The van der Waals surface area contributed by atoms with Gasteiger partial charge in [0.15, 0.2) is 0 Å². The number of hydrogen-bond acceptors (Lipinski definition) is 2. The third-order valence-corrected chi connectivity index (χ3v) is 3.34. The highest BCUT2D eigenvalue weighted by molar-refractivity contribution is 6.32. The van der Waals surface area contributed by atoms with E-state index in [0.29, 0.717) is 22.3 Å². The van der Waals surface area contributed by atoms with E-state index in [1.165, 1.54) is 0 Å². The summed E-state index contributed by atoms with van der Waals surface area (Å²) in [5.41, 5.74) is 7.57. The van der Waals surface area contributed by atoms with Crippen molar-refractivity contribution in [3.8, 4) is 11.5 Å². The van der Waals surface area contributed by atoms with E-state index in [1.54, 1.807) is 6.07 Å². The second-order valence-corrected chi connectivity index (χ2v) is 5.12. The fourth-order valence-corrected chi connectivity index (χ4v) is 2.32. The first-order chi connectivity index (χ1) is 9.11. The summed E-state index contributed by atoms with van der Waals surface area (Å²) in [4.78, 5) is 0. The first-order valence-corrected chi connectivity index (χ1v) is 6.79. The molecule has 0 amide bonds. The fourth-order valence-electron chi connectivity index (χ4n) is 1.86. The minimum Gasteiger partial charge on any atom is -0.455 e. The molecule has 2 N–H and O–H groups in total. The standard InChI is InChI=1S/C15H15Cl2NO/c1-10-9-12(16)5-6-14(10)19-15-11(7-8-18)3-2-4-13(15)17/h2-6,9H,7-8,18H2,1H3. The summed E-state index contributed by atoms with van der Waals surface area (Å²) >= 11 is 12.1. The zero-order chi connectivity index (χ0) is 13.8. The van der Waals surface area contributed by atoms with Gasteiger partial charge in [0.25, 0.3) is 0 Å². The van der Waals surface area contributed by atoms with E-state index in [2.05, 4.69) is 0 Å². The van der Waals surface area contributed by atoms with E-state index in [0.717, 1.165) is 23.3 Å². The van der Waals surface area contributed by atoms with E-state index in [4.69, 9.17) is 33.7 Å². The van der Waals surface area contributed by atoms with Gasteiger partial charge in [-0.2, -0.15) is 0 Å². The Morgan fingerprint density at radius 2 is 1.95 bits per heavy atom. The molecular weight excluding hydrogens is 281 g/mol. The molecule has 2 nitrogen and oxygen atoms in total. The molecule has 4 heteroatoms. The monoisotopic (exact) mass is 295 g/mol. The van der Waals surface area contributed by atoms with E-state index in [9.17, 15) is 0 Å². The highest BCUT2D eigenvalue weighted by atomic mass is 35.5. The zero-order valence-corrected chi connectivity index (χ0v) is 12.1. The van der Waals surface area contributed by atoms with Crippen molar-refractivity contribution in [2.24, 2.45) is 5.73 Å². The predicted molar refractivity (Wildman–Crippen MR) is 80.5 cm³/mol. The number of benzene rings is 2. The van der Waals surface area contributed by atoms with Crippen LogP contribution >= 0.6 is 23.2 Å². The Labute approximate surface area is 123 Å². The van der Waals surface area contributed by atoms with Crippen molar-refractivity contribution in [1.29, 1.82) is 0 Å². The summed E-state index contributed by atoms with van der Waals surface area (Å²) in [7, 11) is 0. The predicted octanol–water partition coefficient (Wildman–Crippen LogP) is 4.60. The number of hydrogen-bond donors (Lipinski definition) is 1. The molecule has 0 radical (unpaired) electrons. The molecule has 0 fully saturated rings. The average molecular weight is 296 g/mol. The lowest BCUT2D eigenvalue weighted by atomic mass is 10.1. The molecule has 0 aliphatic rings. The van der Waals surface area contributed by atoms with Crippen LogP contribution in [0.1, 0.15) is 11.1 Å². The molecule has 100 valence electrons. The normalized spacial score (nSPS) is 10.5. The zero-order valence-electron chi connectivity index (χ0n) is 10.6. The van der Waals surface area contributed by atoms with Gasteiger partial charge < -0.3 is 10.5 Å². The Morgan fingerprint density at radius 1 is 1.16 bits per heavy atom. The Hall–Kier alpha value is -1.22. The molecule has 19 heavy (non-hydrogen) atoms. The van der Waals surface area contributed by atoms with Crippen LogP contribution in [-0.4, -0.2) is 6.54 Å². The van der Waals surface area contributed by atoms with Gasteiger partial charge in [-0.05, 0) is 55.3 Å². The number of rotatable bonds is 4. The second kappa shape index (κ2) is 6.29. The van der Waals surface area contributed by atoms with E-state index in [-0.39, 0.29) is 0 Å². The van der Waals surface area contributed by atoms with Crippen molar-refractivity contribution in [2.75, 3.05) is 6.54 Å². The first-order valence-electron chi connectivity index (χ1n) is 6.03. The molecule has 2 rings (SSSR count). The average Bonchev–Trinajstić information content (AvgIpc) is 2.36. The number of nitrogens with two attached hydrogens (primary N) is 1. The topological polar surface area (TPSA) is 35.2 Å². The van der Waals surface area contributed by atoms with Crippen molar-refractivity contribution >= 4 is 23.2 Å². The third kappa shape index (κ3) is 3.41. The van der Waals surface area contributed by atoms with Crippen LogP contribution in [0.2, 0.25) is 10.0 Å². The second-order valence-electron chi connectivity index (χ2n) is 4.28. The fraction of sp³-hybridized carbons (Fsp3) is 0.200. The van der Waals surface area contributed by atoms with Gasteiger partial charge in [0.2, 0.25) is 0 Å². The van der Waals surface area contributed by atoms with Crippen LogP contribution in [0.5, 0.6) is 11.5 Å². The first kappa shape index (κ1) is 14.2. The van der Waals surface area contributed by atoms with Gasteiger partial charge in [-0.3, -0.25) is 0 Å². The smallest absolute Gasteiger partial charge is 0.149 e. The molecule has 0 aliphatic heterocycles. The highest BCUT2D eigenvalue weighted by Crippen LogP contribution is 2.35. The molecule has 0 bridgehead atoms. The lowest BCUT2D eigenvalue weighted by Crippen LogP contribution is -2.04. The van der Waals surface area contributed by atoms with Crippen molar-refractivity contribution in [1.82, 2.24) is 0 Å². The molecule has 0 aliphatic carbocycles. The van der Waals surface area contributed by atoms with Gasteiger partial charge in [-0.1, -0.05) is 35.3 Å². The summed E-state index contributed by atoms with van der Waals surface area (Å²) in [5, 5.41) is 1.27. The number of aryl methyl sites for hydroxylation is 1. The van der Waals surface area contributed by atoms with E-state index >= 15 is 0 Å². The summed E-state index contributed by atoms with van der Waals surface area (Å²) in [5.74, 6) is 1.41. The van der Waals surface area contributed by atoms with Gasteiger partial charge >= 0.3 is 0 Å². The largest absolute Gasteiger partial charge is 0.455 e. The number of ether oxygens (including phenoxy) is 1. The minimum atomic E-state index is 0.552. The van der Waals surface area contributed by atoms with Crippen molar-refractivity contribution < 1.29 is 4.74 Å². The van der Waals surface area contributed by atoms with E-state index < -0.39 is 0 Å². The molecule has 0 unspecified atom stereocenters. The Bertz CT molecular complexity index is 584. The minimum absolute atomic E-state index is 0.552. The molecule has 0 aromatic heterocycles. The molecule has 0 saturated heterocycles. The number of halogens is 2. The van der Waals surface area contributed by atoms with Gasteiger partial charge in [0.1, 0.15) is 11.5 Å². The highest BCUT2D eigenvalue weighted by Gasteiger charge is 2.10. The van der Waals surface area contributed by atoms with E-state index in [1.807, 2.05) is 37.3 Å². The SMILES string of the molecule is Cc1cc(Cl)ccc1Oc1c(Cl)cccc1CCN. The quantitative estimate of drug-likeness (QED) is 0.895. The van der Waals surface area contributed by atoms with Gasteiger partial charge in [0, 0.05) is 5.02 Å². The van der Waals surface area contributed by atoms with Crippen LogP contribution in [0.15, 0.2) is 36.4 Å². The molecule has 2 aromatic rings. The Kier molecular flexibility index (Phi) is 4.70. The lowest BCUT2D eigenvalue weighted by Gasteiger charge is -2.14. The molecule has 0 spiro atoms. The third-order valence-electron chi connectivity index (χ3n) is 2.81. The van der Waals surface area contributed by atoms with Gasteiger partial charge in [-0.25, -0.2) is 0 Å². The Balaban J connectivity index is 2.37. The maximum absolute atomic E-state index is 6.21. The van der Waals surface area contributed by atoms with Crippen molar-refractivity contribution in [3.63, 3.8) is 0 Å². The van der Waals surface area contributed by atoms with Crippen molar-refractivity contribution in [2.45, 2.75) is 13.3 Å². The maximum Gasteiger partial charge on any atom is 0.149 e. The molecule has 0 saturated carbocycles. The van der Waals surface area contributed by atoms with Crippen LogP contribution in [0, 0.1) is 6.92 Å². The summed E-state index contributed by atoms with van der Waals surface area (Å²) in [6.07, 6.45) is 0.725. The van der Waals surface area contributed by atoms with Crippen LogP contribution in [0.4, 0.5) is 0 Å². The van der Waals surface area contributed by atoms with Gasteiger partial charge in [0.05, 0.1) is 5.02 Å². The van der Waals surface area contributed by atoms with Crippen LogP contribution in [0.3, 0.4) is 0 Å². The lowest BCUT2D eigenvalue weighted by molar-refractivity contribution is 0.473. The molecule has 0 heterocycles. The van der Waals surface area contributed by atoms with Crippen molar-refractivity contribution in [3.05, 3.63) is 57.6 Å². The summed E-state index contributed by atoms with van der Waals surface area (Å²) in [6, 6.07) is 11.2. The van der Waals surface area contributed by atoms with Crippen LogP contribution < -0.4 is 10.5 Å². The van der Waals surface area contributed by atoms with Crippen LogP contribution in [-0.2, 0) is 6.42 Å². The maximum atomic E-state index is 6.21. The Morgan fingerprint density at radius 3 is 2.63 bits per heavy atom. The summed E-state index contributed by atoms with van der Waals surface area (Å²) in [6.45, 7) is 2.50. The molecular formula is C15H15Cl2NO. The van der Waals surface area contributed by atoms with Crippen LogP contribution in [0.25, 0.3) is 0 Å². The molecule has 0 atom stereocenters.